The number of pyridine rings is 2. The molecule has 104 valence electrons. The van der Waals surface area contributed by atoms with Crippen LogP contribution in [0.4, 0.5) is 0 Å². The van der Waals surface area contributed by atoms with Crippen LogP contribution in [0.2, 0.25) is 12.1 Å². The van der Waals surface area contributed by atoms with Gasteiger partial charge in [-0.3, -0.25) is 0 Å². The van der Waals surface area contributed by atoms with Gasteiger partial charge in [-0.15, -0.1) is 0 Å². The normalized spacial score (nSPS) is 28.0. The zero-order valence-corrected chi connectivity index (χ0v) is 11.8. The predicted molar refractivity (Wildman–Crippen MR) is 67.7 cm³/mol. The van der Waals surface area contributed by atoms with Gasteiger partial charge in [-0.05, 0) is 0 Å². The molecule has 0 radical (unpaired) electrons. The Morgan fingerprint density at radius 1 is 0.800 bits per heavy atom. The van der Waals surface area contributed by atoms with Gasteiger partial charge in [0.25, 0.3) is 0 Å². The molecule has 0 bridgehead atoms. The van der Waals surface area contributed by atoms with Crippen molar-refractivity contribution < 1.29 is 27.4 Å². The van der Waals surface area contributed by atoms with Crippen molar-refractivity contribution in [2.24, 2.45) is 0 Å². The van der Waals surface area contributed by atoms with E-state index in [1.165, 1.54) is 0 Å². The molecule has 0 saturated carbocycles. The SMILES string of the molecule is c1cc[n+]2c(c1)O[Si-2]13(CCC1)(Oc1cccc[n+]1O3)O2. The molecular weight excluding hydrogens is 276 g/mol. The molecule has 0 atom stereocenters. The van der Waals surface area contributed by atoms with Crippen molar-refractivity contribution >= 4 is 7.60 Å². The molecule has 1 saturated heterocycles. The summed E-state index contributed by atoms with van der Waals surface area (Å²) in [6.07, 6.45) is 4.60. The molecule has 20 heavy (non-hydrogen) atoms. The molecule has 0 N–H and O–H groups in total. The summed E-state index contributed by atoms with van der Waals surface area (Å²) in [4.78, 5) is 0. The zero-order chi connectivity index (χ0) is 13.3. The monoisotopic (exact) mass is 290 g/mol. The van der Waals surface area contributed by atoms with Crippen molar-refractivity contribution in [3.63, 3.8) is 0 Å². The number of hydrogen-bond donors (Lipinski definition) is 0. The topological polar surface area (TPSA) is 44.7 Å². The number of nitrogens with zero attached hydrogens (tertiary/aromatic N) is 2. The molecule has 0 aliphatic carbocycles. The Kier molecular flexibility index (Phi) is 1.37. The third-order valence-corrected chi connectivity index (χ3v) is 10.4. The van der Waals surface area contributed by atoms with Gasteiger partial charge < -0.3 is 0 Å². The van der Waals surface area contributed by atoms with Gasteiger partial charge in [0.15, 0.2) is 0 Å². The van der Waals surface area contributed by atoms with Crippen molar-refractivity contribution in [2.75, 3.05) is 0 Å². The van der Waals surface area contributed by atoms with E-state index in [0.29, 0.717) is 23.8 Å². The summed E-state index contributed by atoms with van der Waals surface area (Å²) in [5.41, 5.74) is 0. The van der Waals surface area contributed by atoms with Crippen molar-refractivity contribution in [2.45, 2.75) is 18.5 Å². The molecule has 3 aliphatic rings. The molecule has 7 heteroatoms. The first-order chi connectivity index (χ1) is 9.66. The van der Waals surface area contributed by atoms with E-state index in [2.05, 4.69) is 0 Å². The van der Waals surface area contributed by atoms with Crippen LogP contribution in [0, 0.1) is 0 Å². The first kappa shape index (κ1) is 10.5. The molecule has 5 heterocycles. The molecule has 2 aromatic heterocycles. The Morgan fingerprint density at radius 2 is 1.35 bits per heavy atom. The van der Waals surface area contributed by atoms with Crippen LogP contribution in [0.5, 0.6) is 11.8 Å². The van der Waals surface area contributed by atoms with Crippen LogP contribution in [-0.2, 0) is 0 Å². The second kappa shape index (κ2) is 2.62. The van der Waals surface area contributed by atoms with E-state index in [9.17, 15) is 0 Å². The van der Waals surface area contributed by atoms with Gasteiger partial charge in [0, 0.05) is 0 Å². The maximum absolute atomic E-state index is 6.28. The van der Waals surface area contributed by atoms with Crippen molar-refractivity contribution in [3.05, 3.63) is 48.8 Å². The Labute approximate surface area is 114 Å². The number of rotatable bonds is 0. The second-order valence-corrected chi connectivity index (χ2v) is 11.5. The molecule has 0 aromatic carbocycles. The summed E-state index contributed by atoms with van der Waals surface area (Å²) in [6.45, 7) is 0. The quantitative estimate of drug-likeness (QED) is 0.519. The molecule has 0 unspecified atom stereocenters. The van der Waals surface area contributed by atoms with E-state index in [-0.39, 0.29) is 0 Å². The molecule has 1 fully saturated rings. The molecule has 0 amide bonds. The van der Waals surface area contributed by atoms with Gasteiger partial charge in [-0.1, -0.05) is 0 Å². The summed E-state index contributed by atoms with van der Waals surface area (Å²) < 4.78 is 28.3. The number of fused-ring (bicyclic) bond motifs is 2. The van der Waals surface area contributed by atoms with Crippen molar-refractivity contribution in [3.8, 4) is 11.8 Å². The van der Waals surface area contributed by atoms with Crippen LogP contribution >= 0.6 is 0 Å². The van der Waals surface area contributed by atoms with Crippen LogP contribution in [0.3, 0.4) is 0 Å². The maximum atomic E-state index is 6.28. The molecule has 2 aromatic rings. The number of aromatic nitrogens is 2. The van der Waals surface area contributed by atoms with E-state index in [1.807, 2.05) is 48.8 Å². The van der Waals surface area contributed by atoms with Gasteiger partial charge in [0.05, 0.1) is 0 Å². The Balaban J connectivity index is 1.73. The van der Waals surface area contributed by atoms with Gasteiger partial charge in [0.1, 0.15) is 0 Å². The Bertz CT molecular complexity index is 651. The second-order valence-electron chi connectivity index (χ2n) is 5.87. The third kappa shape index (κ3) is 0.955. The van der Waals surface area contributed by atoms with E-state index < -0.39 is 7.60 Å². The summed E-state index contributed by atoms with van der Waals surface area (Å²) in [5.74, 6) is 1.26. The first-order valence-electron chi connectivity index (χ1n) is 6.84. The van der Waals surface area contributed by atoms with E-state index >= 15 is 0 Å². The minimum atomic E-state index is -4.45. The number of hydrogen-bond acceptors (Lipinski definition) is 4. The zero-order valence-electron chi connectivity index (χ0n) is 10.8. The van der Waals surface area contributed by atoms with Crippen LogP contribution in [0.15, 0.2) is 48.8 Å². The Morgan fingerprint density at radius 3 is 1.75 bits per heavy atom. The summed E-state index contributed by atoms with van der Waals surface area (Å²) >= 11 is 0. The predicted octanol–water partition coefficient (Wildman–Crippen LogP) is 0.351. The first-order valence-corrected chi connectivity index (χ1v) is 9.89. The van der Waals surface area contributed by atoms with Gasteiger partial charge in [-0.25, -0.2) is 0 Å². The molecule has 3 aliphatic heterocycles. The molecule has 5 rings (SSSR count). The molecule has 6 nitrogen and oxygen atoms in total. The van der Waals surface area contributed by atoms with Gasteiger partial charge in [-0.2, -0.15) is 0 Å². The van der Waals surface area contributed by atoms with Crippen LogP contribution in [-0.4, -0.2) is 7.60 Å². The average molecular weight is 290 g/mol. The fourth-order valence-corrected chi connectivity index (χ4v) is 8.72. The van der Waals surface area contributed by atoms with Crippen LogP contribution in [0.1, 0.15) is 6.42 Å². The standard InChI is InChI=1S/C13H14N2O4Si/c1-3-8-14-12(6-1)16-20(18-14,10-5-11-20)17-13-7-2-4-9-15(13)19-20/h1-4,6-9H,5,10-11H2. The van der Waals surface area contributed by atoms with E-state index in [4.69, 9.17) is 17.9 Å². The summed E-state index contributed by atoms with van der Waals surface area (Å²) in [7, 11) is -4.45. The van der Waals surface area contributed by atoms with Crippen molar-refractivity contribution in [1.82, 2.24) is 0 Å². The summed E-state index contributed by atoms with van der Waals surface area (Å²) in [5, 5.41) is 0. The molecule has 1 spiro atoms. The minimum absolute atomic E-state index is 0.630. The van der Waals surface area contributed by atoms with Gasteiger partial charge >= 0.3 is 114 Å². The van der Waals surface area contributed by atoms with Crippen LogP contribution in [0.25, 0.3) is 0 Å². The third-order valence-electron chi connectivity index (χ3n) is 4.53. The Hall–Kier alpha value is -2.28. The average Bonchev–Trinajstić information content (AvgIpc) is 2.91. The fourth-order valence-electron chi connectivity index (χ4n) is 3.46. The van der Waals surface area contributed by atoms with E-state index in [0.717, 1.165) is 6.42 Å². The fraction of sp³-hybridized carbons (Fsp3) is 0.231. The molecular formula is C13H14N2O4Si. The van der Waals surface area contributed by atoms with E-state index in [1.54, 1.807) is 9.46 Å². The van der Waals surface area contributed by atoms with Crippen LogP contribution < -0.4 is 27.4 Å². The van der Waals surface area contributed by atoms with Crippen molar-refractivity contribution in [1.29, 1.82) is 0 Å². The van der Waals surface area contributed by atoms with Gasteiger partial charge in [0.2, 0.25) is 0 Å². The summed E-state index contributed by atoms with van der Waals surface area (Å²) in [6, 6.07) is 12.6.